The summed E-state index contributed by atoms with van der Waals surface area (Å²) in [7, 11) is 1.70. The maximum Gasteiger partial charge on any atom is 0.228 e. The molecule has 0 aromatic carbocycles. The number of carbonyl (C=O) groups is 1. The van der Waals surface area contributed by atoms with Crippen molar-refractivity contribution in [2.75, 3.05) is 33.4 Å². The first-order valence-corrected chi connectivity index (χ1v) is 8.68. The monoisotopic (exact) mass is 332 g/mol. The molecule has 1 saturated carbocycles. The van der Waals surface area contributed by atoms with Gasteiger partial charge in [-0.3, -0.25) is 4.79 Å². The van der Waals surface area contributed by atoms with Crippen LogP contribution in [0.2, 0.25) is 0 Å². The summed E-state index contributed by atoms with van der Waals surface area (Å²) in [5.41, 5.74) is -0.305. The van der Waals surface area contributed by atoms with Crippen molar-refractivity contribution in [3.8, 4) is 0 Å². The van der Waals surface area contributed by atoms with E-state index in [1.807, 2.05) is 0 Å². The van der Waals surface area contributed by atoms with Crippen molar-refractivity contribution in [2.24, 2.45) is 17.3 Å². The molecular formula is C17H33ClN2O2. The van der Waals surface area contributed by atoms with Gasteiger partial charge < -0.3 is 15.4 Å². The first kappa shape index (κ1) is 19.7. The van der Waals surface area contributed by atoms with Crippen LogP contribution in [0.15, 0.2) is 0 Å². The molecule has 1 aliphatic carbocycles. The van der Waals surface area contributed by atoms with Crippen LogP contribution in [0.1, 0.15) is 51.9 Å². The van der Waals surface area contributed by atoms with Crippen molar-refractivity contribution in [3.05, 3.63) is 0 Å². The largest absolute Gasteiger partial charge is 0.384 e. The zero-order chi connectivity index (χ0) is 15.1. The minimum Gasteiger partial charge on any atom is -0.384 e. The van der Waals surface area contributed by atoms with Gasteiger partial charge in [-0.2, -0.15) is 0 Å². The van der Waals surface area contributed by atoms with E-state index in [1.165, 1.54) is 32.1 Å². The highest BCUT2D eigenvalue weighted by Crippen LogP contribution is 2.32. The predicted molar refractivity (Wildman–Crippen MR) is 92.4 cm³/mol. The molecule has 2 N–H and O–H groups in total. The molecule has 4 nitrogen and oxygen atoms in total. The molecule has 0 aromatic rings. The average Bonchev–Trinajstić information content (AvgIpc) is 2.54. The molecule has 1 heterocycles. The van der Waals surface area contributed by atoms with Crippen LogP contribution in [0, 0.1) is 17.3 Å². The molecule has 0 radical (unpaired) electrons. The molecule has 1 saturated heterocycles. The van der Waals surface area contributed by atoms with Crippen molar-refractivity contribution in [1.82, 2.24) is 10.6 Å². The Morgan fingerprint density at radius 2 is 1.77 bits per heavy atom. The van der Waals surface area contributed by atoms with Gasteiger partial charge in [0.1, 0.15) is 0 Å². The molecule has 0 atom stereocenters. The SMILES string of the molecule is CCC1CCC(CNC(=O)C2(COC)CCNCC2)CC1.Cl. The Morgan fingerprint density at radius 3 is 2.32 bits per heavy atom. The zero-order valence-corrected chi connectivity index (χ0v) is 15.0. The standard InChI is InChI=1S/C17H32N2O2.ClH/c1-3-14-4-6-15(7-5-14)12-19-16(20)17(13-21-2)8-10-18-11-9-17;/h14-15,18H,3-13H2,1-2H3,(H,19,20);1H. The summed E-state index contributed by atoms with van der Waals surface area (Å²) in [6, 6.07) is 0. The Kier molecular flexibility index (Phi) is 8.73. The minimum absolute atomic E-state index is 0. The second kappa shape index (κ2) is 9.74. The first-order valence-electron chi connectivity index (χ1n) is 8.68. The minimum atomic E-state index is -0.305. The summed E-state index contributed by atoms with van der Waals surface area (Å²) in [5, 5.41) is 6.57. The Bertz CT molecular complexity index is 319. The van der Waals surface area contributed by atoms with Crippen molar-refractivity contribution in [1.29, 1.82) is 0 Å². The van der Waals surface area contributed by atoms with Gasteiger partial charge in [-0.15, -0.1) is 12.4 Å². The van der Waals surface area contributed by atoms with E-state index in [0.29, 0.717) is 12.5 Å². The highest BCUT2D eigenvalue weighted by atomic mass is 35.5. The zero-order valence-electron chi connectivity index (χ0n) is 14.2. The van der Waals surface area contributed by atoms with Crippen LogP contribution in [0.3, 0.4) is 0 Å². The van der Waals surface area contributed by atoms with Crippen LogP contribution in [-0.2, 0) is 9.53 Å². The number of nitrogens with one attached hydrogen (secondary N) is 2. The van der Waals surface area contributed by atoms with Crippen molar-refractivity contribution in [2.45, 2.75) is 51.9 Å². The van der Waals surface area contributed by atoms with E-state index in [4.69, 9.17) is 4.74 Å². The number of rotatable bonds is 6. The maximum atomic E-state index is 12.7. The molecule has 5 heteroatoms. The van der Waals surface area contributed by atoms with E-state index < -0.39 is 0 Å². The van der Waals surface area contributed by atoms with Gasteiger partial charge in [-0.1, -0.05) is 26.2 Å². The molecule has 22 heavy (non-hydrogen) atoms. The third-order valence-corrected chi connectivity index (χ3v) is 5.56. The second-order valence-electron chi connectivity index (χ2n) is 6.97. The molecule has 2 rings (SSSR count). The van der Waals surface area contributed by atoms with E-state index in [-0.39, 0.29) is 23.7 Å². The lowest BCUT2D eigenvalue weighted by molar-refractivity contribution is -0.136. The number of carbonyl (C=O) groups excluding carboxylic acids is 1. The number of hydrogen-bond acceptors (Lipinski definition) is 3. The molecular weight excluding hydrogens is 300 g/mol. The van der Waals surface area contributed by atoms with E-state index >= 15 is 0 Å². The summed E-state index contributed by atoms with van der Waals surface area (Å²) in [4.78, 5) is 12.7. The molecule has 130 valence electrons. The number of methoxy groups -OCH3 is 1. The average molecular weight is 333 g/mol. The number of piperidine rings is 1. The summed E-state index contributed by atoms with van der Waals surface area (Å²) >= 11 is 0. The molecule has 1 aliphatic heterocycles. The molecule has 0 bridgehead atoms. The van der Waals surface area contributed by atoms with E-state index in [1.54, 1.807) is 7.11 Å². The molecule has 0 aromatic heterocycles. The van der Waals surface area contributed by atoms with E-state index in [9.17, 15) is 4.79 Å². The highest BCUT2D eigenvalue weighted by molar-refractivity contribution is 5.85. The van der Waals surface area contributed by atoms with Gasteiger partial charge >= 0.3 is 0 Å². The lowest BCUT2D eigenvalue weighted by Crippen LogP contribution is -2.51. The summed E-state index contributed by atoms with van der Waals surface area (Å²) in [6.45, 7) is 5.52. The third kappa shape index (κ3) is 5.10. The topological polar surface area (TPSA) is 50.4 Å². The molecule has 0 unspecified atom stereocenters. The Labute approximate surface area is 141 Å². The fraction of sp³-hybridized carbons (Fsp3) is 0.941. The van der Waals surface area contributed by atoms with E-state index in [2.05, 4.69) is 17.6 Å². The first-order chi connectivity index (χ1) is 10.2. The smallest absolute Gasteiger partial charge is 0.228 e. The van der Waals surface area contributed by atoms with Crippen molar-refractivity contribution in [3.63, 3.8) is 0 Å². The van der Waals surface area contributed by atoms with Crippen LogP contribution in [-0.4, -0.2) is 39.3 Å². The van der Waals surface area contributed by atoms with Crippen LogP contribution >= 0.6 is 12.4 Å². The normalized spacial score (nSPS) is 27.7. The van der Waals surface area contributed by atoms with Crippen molar-refractivity contribution < 1.29 is 9.53 Å². The van der Waals surface area contributed by atoms with Crippen LogP contribution < -0.4 is 10.6 Å². The van der Waals surface area contributed by atoms with Crippen molar-refractivity contribution >= 4 is 18.3 Å². The van der Waals surface area contributed by atoms with Gasteiger partial charge in [0.25, 0.3) is 0 Å². The number of hydrogen-bond donors (Lipinski definition) is 2. The van der Waals surface area contributed by atoms with Gasteiger partial charge in [0.05, 0.1) is 12.0 Å². The van der Waals surface area contributed by atoms with Gasteiger partial charge in [-0.25, -0.2) is 0 Å². The maximum absolute atomic E-state index is 12.7. The molecule has 2 fully saturated rings. The van der Waals surface area contributed by atoms with Gasteiger partial charge in [-0.05, 0) is 50.6 Å². The summed E-state index contributed by atoms with van der Waals surface area (Å²) in [5.74, 6) is 1.81. The summed E-state index contributed by atoms with van der Waals surface area (Å²) in [6.07, 6.45) is 8.30. The van der Waals surface area contributed by atoms with Gasteiger partial charge in [0.2, 0.25) is 5.91 Å². The van der Waals surface area contributed by atoms with Gasteiger partial charge in [0, 0.05) is 13.7 Å². The van der Waals surface area contributed by atoms with Crippen LogP contribution in [0.5, 0.6) is 0 Å². The second-order valence-corrected chi connectivity index (χ2v) is 6.97. The lowest BCUT2D eigenvalue weighted by Gasteiger charge is -2.36. The Morgan fingerprint density at radius 1 is 1.18 bits per heavy atom. The number of halogens is 1. The Balaban J connectivity index is 0.00000242. The van der Waals surface area contributed by atoms with Crippen LogP contribution in [0.4, 0.5) is 0 Å². The Hall–Kier alpha value is -0.320. The van der Waals surface area contributed by atoms with Crippen LogP contribution in [0.25, 0.3) is 0 Å². The van der Waals surface area contributed by atoms with E-state index in [0.717, 1.165) is 38.4 Å². The third-order valence-electron chi connectivity index (χ3n) is 5.56. The van der Waals surface area contributed by atoms with Gasteiger partial charge in [0.15, 0.2) is 0 Å². The molecule has 2 aliphatic rings. The molecule has 1 amide bonds. The predicted octanol–water partition coefficient (Wildman–Crippen LogP) is 2.76. The number of ether oxygens (including phenoxy) is 1. The fourth-order valence-electron chi connectivity index (χ4n) is 3.89. The fourth-order valence-corrected chi connectivity index (χ4v) is 3.89. The highest BCUT2D eigenvalue weighted by Gasteiger charge is 2.39. The molecule has 0 spiro atoms. The summed E-state index contributed by atoms with van der Waals surface area (Å²) < 4.78 is 5.34. The lowest BCUT2D eigenvalue weighted by atomic mass is 9.78. The number of amides is 1. The quantitative estimate of drug-likeness (QED) is 0.786.